The van der Waals surface area contributed by atoms with E-state index in [1.54, 1.807) is 11.1 Å². The van der Waals surface area contributed by atoms with Gasteiger partial charge in [0.2, 0.25) is 0 Å². The molecule has 0 atom stereocenters. The first kappa shape index (κ1) is 16.5. The third-order valence-corrected chi connectivity index (χ3v) is 3.48. The van der Waals surface area contributed by atoms with E-state index < -0.39 is 5.60 Å². The van der Waals surface area contributed by atoms with Crippen molar-refractivity contribution in [3.05, 3.63) is 24.4 Å². The number of amides is 1. The molecule has 22 heavy (non-hydrogen) atoms. The molecule has 1 amide bonds. The standard InChI is InChI=1S/C15H22N4O2S/c1-15(2,3)21-14(20)19-10-8-18(9-11-19)13(22)17-12-6-4-5-7-16-12/h4-7H,8-11H2,1-3H3,(H,16,17,22). The summed E-state index contributed by atoms with van der Waals surface area (Å²) in [5, 5.41) is 3.73. The summed E-state index contributed by atoms with van der Waals surface area (Å²) in [5.74, 6) is 0.724. The van der Waals surface area contributed by atoms with Gasteiger partial charge in [-0.2, -0.15) is 0 Å². The highest BCUT2D eigenvalue weighted by Crippen LogP contribution is 2.12. The minimum absolute atomic E-state index is 0.268. The highest BCUT2D eigenvalue weighted by atomic mass is 32.1. The van der Waals surface area contributed by atoms with Crippen LogP contribution in [-0.2, 0) is 4.74 Å². The fraction of sp³-hybridized carbons (Fsp3) is 0.533. The molecular formula is C15H22N4O2S. The van der Waals surface area contributed by atoms with E-state index in [0.29, 0.717) is 31.3 Å². The average molecular weight is 322 g/mol. The van der Waals surface area contributed by atoms with Gasteiger partial charge in [0.15, 0.2) is 5.11 Å². The second-order valence-corrected chi connectivity index (χ2v) is 6.49. The molecule has 1 fully saturated rings. The molecule has 0 radical (unpaired) electrons. The van der Waals surface area contributed by atoms with E-state index in [1.165, 1.54) is 0 Å². The van der Waals surface area contributed by atoms with Crippen molar-refractivity contribution in [2.75, 3.05) is 31.5 Å². The van der Waals surface area contributed by atoms with Crippen LogP contribution < -0.4 is 5.32 Å². The van der Waals surface area contributed by atoms with Gasteiger partial charge in [-0.15, -0.1) is 0 Å². The molecular weight excluding hydrogens is 300 g/mol. The number of hydrogen-bond donors (Lipinski definition) is 1. The SMILES string of the molecule is CC(C)(C)OC(=O)N1CCN(C(=S)Nc2ccccn2)CC1. The van der Waals surface area contributed by atoms with Gasteiger partial charge in [0.1, 0.15) is 11.4 Å². The van der Waals surface area contributed by atoms with E-state index in [0.717, 1.165) is 5.82 Å². The van der Waals surface area contributed by atoms with Crippen LogP contribution in [0.25, 0.3) is 0 Å². The molecule has 0 bridgehead atoms. The van der Waals surface area contributed by atoms with Crippen LogP contribution in [0.15, 0.2) is 24.4 Å². The molecule has 0 spiro atoms. The van der Waals surface area contributed by atoms with Gasteiger partial charge in [0, 0.05) is 32.4 Å². The molecule has 1 aliphatic heterocycles. The lowest BCUT2D eigenvalue weighted by Gasteiger charge is -2.36. The molecule has 1 aromatic rings. The number of piperazine rings is 1. The Bertz CT molecular complexity index is 522. The zero-order chi connectivity index (χ0) is 16.2. The molecule has 1 saturated heterocycles. The minimum atomic E-state index is -0.468. The average Bonchev–Trinajstić information content (AvgIpc) is 2.46. The van der Waals surface area contributed by atoms with Crippen LogP contribution in [0.5, 0.6) is 0 Å². The van der Waals surface area contributed by atoms with E-state index in [2.05, 4.69) is 10.3 Å². The number of ether oxygens (including phenoxy) is 1. The largest absolute Gasteiger partial charge is 0.444 e. The fourth-order valence-electron chi connectivity index (χ4n) is 2.04. The maximum atomic E-state index is 12.0. The van der Waals surface area contributed by atoms with Crippen molar-refractivity contribution < 1.29 is 9.53 Å². The summed E-state index contributed by atoms with van der Waals surface area (Å²) in [6.07, 6.45) is 1.45. The maximum Gasteiger partial charge on any atom is 0.410 e. The van der Waals surface area contributed by atoms with Gasteiger partial charge in [-0.25, -0.2) is 9.78 Å². The molecule has 0 aromatic carbocycles. The molecule has 2 heterocycles. The van der Waals surface area contributed by atoms with Crippen LogP contribution in [0, 0.1) is 0 Å². The van der Waals surface area contributed by atoms with E-state index >= 15 is 0 Å². The van der Waals surface area contributed by atoms with Crippen molar-refractivity contribution >= 4 is 29.2 Å². The number of nitrogens with zero attached hydrogens (tertiary/aromatic N) is 3. The molecule has 120 valence electrons. The monoisotopic (exact) mass is 322 g/mol. The Kier molecular flexibility index (Phi) is 5.18. The Morgan fingerprint density at radius 2 is 1.86 bits per heavy atom. The molecule has 2 rings (SSSR count). The number of rotatable bonds is 1. The predicted octanol–water partition coefficient (Wildman–Crippen LogP) is 2.33. The van der Waals surface area contributed by atoms with Gasteiger partial charge in [0.05, 0.1) is 0 Å². The highest BCUT2D eigenvalue weighted by molar-refractivity contribution is 7.80. The summed E-state index contributed by atoms with van der Waals surface area (Å²) >= 11 is 5.39. The lowest BCUT2D eigenvalue weighted by atomic mass is 10.2. The number of anilines is 1. The Balaban J connectivity index is 1.82. The molecule has 6 nitrogen and oxygen atoms in total. The number of hydrogen-bond acceptors (Lipinski definition) is 4. The Morgan fingerprint density at radius 1 is 1.23 bits per heavy atom. The molecule has 0 unspecified atom stereocenters. The third kappa shape index (κ3) is 4.84. The third-order valence-electron chi connectivity index (χ3n) is 3.12. The van der Waals surface area contributed by atoms with Crippen LogP contribution in [0.4, 0.5) is 10.6 Å². The van der Waals surface area contributed by atoms with Gasteiger partial charge in [0.25, 0.3) is 0 Å². The van der Waals surface area contributed by atoms with E-state index in [4.69, 9.17) is 17.0 Å². The van der Waals surface area contributed by atoms with Crippen molar-refractivity contribution in [1.82, 2.24) is 14.8 Å². The first-order valence-electron chi connectivity index (χ1n) is 7.30. The second-order valence-electron chi connectivity index (χ2n) is 6.10. The van der Waals surface area contributed by atoms with Gasteiger partial charge in [-0.1, -0.05) is 6.07 Å². The number of carbonyl (C=O) groups is 1. The number of pyridine rings is 1. The fourth-order valence-corrected chi connectivity index (χ4v) is 2.33. The first-order chi connectivity index (χ1) is 10.3. The molecule has 1 N–H and O–H groups in total. The van der Waals surface area contributed by atoms with Crippen LogP contribution in [0.1, 0.15) is 20.8 Å². The zero-order valence-electron chi connectivity index (χ0n) is 13.2. The minimum Gasteiger partial charge on any atom is -0.444 e. The van der Waals surface area contributed by atoms with Crippen LogP contribution in [0.3, 0.4) is 0 Å². The molecule has 1 aliphatic rings. The van der Waals surface area contributed by atoms with Crippen molar-refractivity contribution in [2.24, 2.45) is 0 Å². The second kappa shape index (κ2) is 6.91. The van der Waals surface area contributed by atoms with E-state index in [-0.39, 0.29) is 6.09 Å². The summed E-state index contributed by atoms with van der Waals surface area (Å²) in [6, 6.07) is 5.62. The number of carbonyl (C=O) groups excluding carboxylic acids is 1. The molecule has 1 aromatic heterocycles. The predicted molar refractivity (Wildman–Crippen MR) is 89.8 cm³/mol. The number of nitrogens with one attached hydrogen (secondary N) is 1. The number of thiocarbonyl (C=S) groups is 1. The topological polar surface area (TPSA) is 57.7 Å². The zero-order valence-corrected chi connectivity index (χ0v) is 14.0. The van der Waals surface area contributed by atoms with Gasteiger partial charge < -0.3 is 19.9 Å². The van der Waals surface area contributed by atoms with Crippen LogP contribution >= 0.6 is 12.2 Å². The van der Waals surface area contributed by atoms with Gasteiger partial charge in [-0.3, -0.25) is 0 Å². The van der Waals surface area contributed by atoms with Gasteiger partial charge >= 0.3 is 6.09 Å². The van der Waals surface area contributed by atoms with E-state index in [1.807, 2.05) is 43.9 Å². The van der Waals surface area contributed by atoms with Crippen molar-refractivity contribution in [3.63, 3.8) is 0 Å². The number of aromatic nitrogens is 1. The van der Waals surface area contributed by atoms with Crippen molar-refractivity contribution in [1.29, 1.82) is 0 Å². The molecule has 0 saturated carbocycles. The van der Waals surface area contributed by atoms with E-state index in [9.17, 15) is 4.79 Å². The van der Waals surface area contributed by atoms with Gasteiger partial charge in [-0.05, 0) is 45.1 Å². The summed E-state index contributed by atoms with van der Waals surface area (Å²) < 4.78 is 5.38. The summed E-state index contributed by atoms with van der Waals surface area (Å²) in [7, 11) is 0. The quantitative estimate of drug-likeness (QED) is 0.801. The first-order valence-corrected chi connectivity index (χ1v) is 7.71. The summed E-state index contributed by atoms with van der Waals surface area (Å²) in [5.41, 5.74) is -0.468. The summed E-state index contributed by atoms with van der Waals surface area (Å²) in [6.45, 7) is 8.15. The lowest BCUT2D eigenvalue weighted by Crippen LogP contribution is -2.52. The van der Waals surface area contributed by atoms with Crippen LogP contribution in [0.2, 0.25) is 0 Å². The van der Waals surface area contributed by atoms with Crippen molar-refractivity contribution in [3.8, 4) is 0 Å². The smallest absolute Gasteiger partial charge is 0.410 e. The Morgan fingerprint density at radius 3 is 2.41 bits per heavy atom. The summed E-state index contributed by atoms with van der Waals surface area (Å²) in [4.78, 5) is 19.9. The highest BCUT2D eigenvalue weighted by Gasteiger charge is 2.26. The molecule has 7 heteroatoms. The van der Waals surface area contributed by atoms with Crippen LogP contribution in [-0.4, -0.2) is 57.8 Å². The maximum absolute atomic E-state index is 12.0. The normalized spacial score (nSPS) is 15.4. The van der Waals surface area contributed by atoms with Crippen molar-refractivity contribution in [2.45, 2.75) is 26.4 Å². The lowest BCUT2D eigenvalue weighted by molar-refractivity contribution is 0.0188. The molecule has 0 aliphatic carbocycles. The Labute approximate surface area is 136 Å². The Hall–Kier alpha value is -1.89.